The van der Waals surface area contributed by atoms with Gasteiger partial charge in [-0.05, 0) is 38.1 Å². The molecule has 0 aliphatic carbocycles. The first-order chi connectivity index (χ1) is 8.91. The third kappa shape index (κ3) is 3.24. The van der Waals surface area contributed by atoms with Crippen molar-refractivity contribution < 1.29 is 19.7 Å². The molecule has 0 bridgehead atoms. The Morgan fingerprint density at radius 3 is 2.63 bits per heavy atom. The van der Waals surface area contributed by atoms with E-state index in [1.807, 2.05) is 13.8 Å². The molecule has 1 aliphatic rings. The van der Waals surface area contributed by atoms with E-state index in [0.717, 1.165) is 0 Å². The highest BCUT2D eigenvalue weighted by Gasteiger charge is 2.35. The Balaban J connectivity index is 2.16. The molecule has 0 aromatic heterocycles. The lowest BCUT2D eigenvalue weighted by molar-refractivity contribution is -0.139. The van der Waals surface area contributed by atoms with Crippen LogP contribution in [0.5, 0.6) is 5.75 Å². The number of ether oxygens (including phenoxy) is 1. The summed E-state index contributed by atoms with van der Waals surface area (Å²) in [6, 6.07) is 6.16. The van der Waals surface area contributed by atoms with Gasteiger partial charge in [-0.25, -0.2) is 0 Å². The summed E-state index contributed by atoms with van der Waals surface area (Å²) in [4.78, 5) is 14.0. The van der Waals surface area contributed by atoms with Crippen LogP contribution in [-0.2, 0) is 4.74 Å². The fourth-order valence-corrected chi connectivity index (χ4v) is 2.33. The number of benzene rings is 1. The Morgan fingerprint density at radius 1 is 1.42 bits per heavy atom. The highest BCUT2D eigenvalue weighted by molar-refractivity contribution is 5.94. The zero-order chi connectivity index (χ0) is 14.0. The van der Waals surface area contributed by atoms with Gasteiger partial charge in [-0.15, -0.1) is 0 Å². The SMILES string of the molecule is CC1(C)CN(C(=O)c2ccc(O)cc2)CC(CO)O1. The largest absolute Gasteiger partial charge is 0.508 e. The van der Waals surface area contributed by atoms with Crippen LogP contribution in [0.25, 0.3) is 0 Å². The second-order valence-electron chi connectivity index (χ2n) is 5.41. The molecule has 1 saturated heterocycles. The lowest BCUT2D eigenvalue weighted by atomic mass is 10.0. The number of nitrogens with zero attached hydrogens (tertiary/aromatic N) is 1. The molecule has 1 aromatic carbocycles. The minimum atomic E-state index is -0.474. The standard InChI is InChI=1S/C14H19NO4/c1-14(2)9-15(7-12(8-16)19-14)13(18)10-3-5-11(17)6-4-10/h3-6,12,16-17H,7-9H2,1-2H3. The van der Waals surface area contributed by atoms with E-state index in [9.17, 15) is 15.0 Å². The minimum Gasteiger partial charge on any atom is -0.508 e. The van der Waals surface area contributed by atoms with Gasteiger partial charge >= 0.3 is 0 Å². The summed E-state index contributed by atoms with van der Waals surface area (Å²) in [5.41, 5.74) is 0.0466. The number of phenolic OH excluding ortho intramolecular Hbond substituents is 1. The second-order valence-corrected chi connectivity index (χ2v) is 5.41. The first kappa shape index (κ1) is 13.8. The van der Waals surface area contributed by atoms with Gasteiger partial charge in [0.05, 0.1) is 18.3 Å². The van der Waals surface area contributed by atoms with Gasteiger partial charge in [0.1, 0.15) is 5.75 Å². The number of hydrogen-bond donors (Lipinski definition) is 2. The highest BCUT2D eigenvalue weighted by atomic mass is 16.5. The van der Waals surface area contributed by atoms with Crippen LogP contribution in [0, 0.1) is 0 Å². The molecule has 104 valence electrons. The Bertz CT molecular complexity index is 455. The van der Waals surface area contributed by atoms with Crippen molar-refractivity contribution in [1.29, 1.82) is 0 Å². The van der Waals surface area contributed by atoms with Gasteiger partial charge < -0.3 is 19.8 Å². The molecule has 1 unspecified atom stereocenters. The molecule has 1 aromatic rings. The number of rotatable bonds is 2. The topological polar surface area (TPSA) is 70.0 Å². The highest BCUT2D eigenvalue weighted by Crippen LogP contribution is 2.22. The second kappa shape index (κ2) is 5.19. The van der Waals surface area contributed by atoms with E-state index >= 15 is 0 Å². The molecular formula is C14H19NO4. The monoisotopic (exact) mass is 265 g/mol. The average Bonchev–Trinajstić information content (AvgIpc) is 2.37. The van der Waals surface area contributed by atoms with Crippen LogP contribution in [0.3, 0.4) is 0 Å². The summed E-state index contributed by atoms with van der Waals surface area (Å²) in [5.74, 6) is 0.0157. The number of aromatic hydroxyl groups is 1. The van der Waals surface area contributed by atoms with Crippen LogP contribution in [0.15, 0.2) is 24.3 Å². The zero-order valence-corrected chi connectivity index (χ0v) is 11.2. The smallest absolute Gasteiger partial charge is 0.254 e. The Hall–Kier alpha value is -1.59. The van der Waals surface area contributed by atoms with Crippen molar-refractivity contribution in [1.82, 2.24) is 4.90 Å². The van der Waals surface area contributed by atoms with E-state index in [2.05, 4.69) is 0 Å². The number of carbonyl (C=O) groups is 1. The number of amides is 1. The van der Waals surface area contributed by atoms with Crippen LogP contribution in [0.2, 0.25) is 0 Å². The van der Waals surface area contributed by atoms with Crippen molar-refractivity contribution in [3.05, 3.63) is 29.8 Å². The Kier molecular flexibility index (Phi) is 3.78. The number of hydrogen-bond acceptors (Lipinski definition) is 4. The molecule has 1 atom stereocenters. The lowest BCUT2D eigenvalue weighted by Crippen LogP contribution is -2.55. The van der Waals surface area contributed by atoms with Gasteiger partial charge in [-0.2, -0.15) is 0 Å². The molecular weight excluding hydrogens is 246 g/mol. The zero-order valence-electron chi connectivity index (χ0n) is 11.2. The minimum absolute atomic E-state index is 0.108. The van der Waals surface area contributed by atoms with E-state index in [-0.39, 0.29) is 24.4 Å². The summed E-state index contributed by atoms with van der Waals surface area (Å²) >= 11 is 0. The van der Waals surface area contributed by atoms with Crippen LogP contribution in [-0.4, -0.2) is 52.4 Å². The number of morpholine rings is 1. The average molecular weight is 265 g/mol. The number of phenols is 1. The molecule has 5 heteroatoms. The molecule has 1 fully saturated rings. The van der Waals surface area contributed by atoms with Gasteiger partial charge in [-0.1, -0.05) is 0 Å². The van der Waals surface area contributed by atoms with E-state index < -0.39 is 5.60 Å². The third-order valence-electron chi connectivity index (χ3n) is 3.09. The molecule has 5 nitrogen and oxygen atoms in total. The van der Waals surface area contributed by atoms with Crippen molar-refractivity contribution in [2.45, 2.75) is 25.6 Å². The Labute approximate surface area is 112 Å². The summed E-state index contributed by atoms with van der Waals surface area (Å²) in [6.07, 6.45) is -0.357. The van der Waals surface area contributed by atoms with E-state index in [1.165, 1.54) is 12.1 Å². The summed E-state index contributed by atoms with van der Waals surface area (Å²) < 4.78 is 5.67. The quantitative estimate of drug-likeness (QED) is 0.837. The first-order valence-corrected chi connectivity index (χ1v) is 6.28. The molecule has 0 spiro atoms. The summed E-state index contributed by atoms with van der Waals surface area (Å²) in [5, 5.41) is 18.5. The molecule has 2 N–H and O–H groups in total. The van der Waals surface area contributed by atoms with Crippen molar-refractivity contribution in [2.75, 3.05) is 19.7 Å². The van der Waals surface area contributed by atoms with E-state index in [1.54, 1.807) is 17.0 Å². The predicted molar refractivity (Wildman–Crippen MR) is 70.0 cm³/mol. The van der Waals surface area contributed by atoms with E-state index in [4.69, 9.17) is 4.74 Å². The molecule has 1 amide bonds. The maximum atomic E-state index is 12.4. The molecule has 19 heavy (non-hydrogen) atoms. The number of aliphatic hydroxyl groups is 1. The van der Waals surface area contributed by atoms with Gasteiger partial charge in [0.25, 0.3) is 5.91 Å². The van der Waals surface area contributed by atoms with Gasteiger partial charge in [0, 0.05) is 18.7 Å². The normalized spacial score (nSPS) is 22.3. The van der Waals surface area contributed by atoms with Crippen LogP contribution < -0.4 is 0 Å². The van der Waals surface area contributed by atoms with E-state index in [0.29, 0.717) is 18.7 Å². The first-order valence-electron chi connectivity index (χ1n) is 6.28. The van der Waals surface area contributed by atoms with Crippen LogP contribution in [0.4, 0.5) is 0 Å². The van der Waals surface area contributed by atoms with Crippen molar-refractivity contribution in [3.8, 4) is 5.75 Å². The fraction of sp³-hybridized carbons (Fsp3) is 0.500. The van der Waals surface area contributed by atoms with Crippen LogP contribution in [0.1, 0.15) is 24.2 Å². The molecule has 1 aliphatic heterocycles. The summed E-state index contributed by atoms with van der Waals surface area (Å²) in [6.45, 7) is 4.53. The summed E-state index contributed by atoms with van der Waals surface area (Å²) in [7, 11) is 0. The van der Waals surface area contributed by atoms with Crippen molar-refractivity contribution in [3.63, 3.8) is 0 Å². The third-order valence-corrected chi connectivity index (χ3v) is 3.09. The number of carbonyl (C=O) groups excluding carboxylic acids is 1. The van der Waals surface area contributed by atoms with Gasteiger partial charge in [0.15, 0.2) is 0 Å². The Morgan fingerprint density at radius 2 is 2.05 bits per heavy atom. The molecule has 0 radical (unpaired) electrons. The maximum absolute atomic E-state index is 12.4. The van der Waals surface area contributed by atoms with Crippen LogP contribution >= 0.6 is 0 Å². The molecule has 0 saturated carbocycles. The fourth-order valence-electron chi connectivity index (χ4n) is 2.33. The predicted octanol–water partition coefficient (Wildman–Crippen LogP) is 1.00. The number of aliphatic hydroxyl groups excluding tert-OH is 1. The maximum Gasteiger partial charge on any atom is 0.254 e. The van der Waals surface area contributed by atoms with Gasteiger partial charge in [-0.3, -0.25) is 4.79 Å². The molecule has 2 rings (SSSR count). The molecule has 1 heterocycles. The van der Waals surface area contributed by atoms with Crippen molar-refractivity contribution in [2.24, 2.45) is 0 Å². The van der Waals surface area contributed by atoms with Crippen molar-refractivity contribution >= 4 is 5.91 Å². The lowest BCUT2D eigenvalue weighted by Gasteiger charge is -2.42. The van der Waals surface area contributed by atoms with Gasteiger partial charge in [0.2, 0.25) is 0 Å².